The van der Waals surface area contributed by atoms with Gasteiger partial charge in [0.15, 0.2) is 0 Å². The van der Waals surface area contributed by atoms with Gasteiger partial charge in [-0.2, -0.15) is 0 Å². The summed E-state index contributed by atoms with van der Waals surface area (Å²) in [5.41, 5.74) is 0.939. The summed E-state index contributed by atoms with van der Waals surface area (Å²) < 4.78 is 18.4. The molecule has 23 heavy (non-hydrogen) atoms. The fourth-order valence-electron chi connectivity index (χ4n) is 3.45. The van der Waals surface area contributed by atoms with E-state index in [0.29, 0.717) is 25.0 Å². The van der Waals surface area contributed by atoms with Gasteiger partial charge in [0.05, 0.1) is 5.41 Å². The summed E-state index contributed by atoms with van der Waals surface area (Å²) in [6.07, 6.45) is 3.66. The molecule has 2 saturated heterocycles. The Bertz CT molecular complexity index is 659. The molecule has 2 fully saturated rings. The molecular formula is C17H19BrN2O3. The molecule has 1 aromatic carbocycles. The standard InChI is InChI=1S/C17H19BrN2O3/c18-13-5-3-12(4-6-13)17(7-10-21-11-8-17)16-20-19-15(23-16)14-2-1-9-22-14/h3-6,14H,1-2,7-11H2. The van der Waals surface area contributed by atoms with E-state index in [9.17, 15) is 0 Å². The summed E-state index contributed by atoms with van der Waals surface area (Å²) in [6.45, 7) is 2.18. The molecule has 1 atom stereocenters. The van der Waals surface area contributed by atoms with Crippen molar-refractivity contribution in [3.8, 4) is 0 Å². The summed E-state index contributed by atoms with van der Waals surface area (Å²) in [5, 5.41) is 8.66. The molecule has 4 rings (SSSR count). The Morgan fingerprint density at radius 2 is 1.83 bits per heavy atom. The predicted molar refractivity (Wildman–Crippen MR) is 87.2 cm³/mol. The fourth-order valence-corrected chi connectivity index (χ4v) is 3.71. The van der Waals surface area contributed by atoms with E-state index in [1.807, 2.05) is 0 Å². The van der Waals surface area contributed by atoms with Gasteiger partial charge >= 0.3 is 0 Å². The Morgan fingerprint density at radius 3 is 2.52 bits per heavy atom. The van der Waals surface area contributed by atoms with Crippen LogP contribution in [0.15, 0.2) is 33.2 Å². The zero-order chi connectivity index (χ0) is 15.7. The van der Waals surface area contributed by atoms with Crippen LogP contribution in [-0.2, 0) is 14.9 Å². The molecule has 2 aromatic rings. The second kappa shape index (κ2) is 6.34. The van der Waals surface area contributed by atoms with Crippen LogP contribution < -0.4 is 0 Å². The van der Waals surface area contributed by atoms with E-state index < -0.39 is 0 Å². The molecule has 2 aliphatic rings. The van der Waals surface area contributed by atoms with Crippen molar-refractivity contribution in [1.29, 1.82) is 0 Å². The first-order valence-electron chi connectivity index (χ1n) is 8.07. The highest BCUT2D eigenvalue weighted by Gasteiger charge is 2.42. The lowest BCUT2D eigenvalue weighted by atomic mass is 9.74. The third-order valence-electron chi connectivity index (χ3n) is 4.80. The fraction of sp³-hybridized carbons (Fsp3) is 0.529. The molecule has 2 aliphatic heterocycles. The maximum atomic E-state index is 6.08. The monoisotopic (exact) mass is 378 g/mol. The van der Waals surface area contributed by atoms with Gasteiger partial charge < -0.3 is 13.9 Å². The highest BCUT2D eigenvalue weighted by molar-refractivity contribution is 9.10. The molecule has 0 bridgehead atoms. The van der Waals surface area contributed by atoms with Crippen LogP contribution in [0.3, 0.4) is 0 Å². The highest BCUT2D eigenvalue weighted by atomic mass is 79.9. The average Bonchev–Trinajstić information content (AvgIpc) is 3.28. The molecule has 0 saturated carbocycles. The van der Waals surface area contributed by atoms with Crippen LogP contribution in [0, 0.1) is 0 Å². The van der Waals surface area contributed by atoms with Crippen LogP contribution >= 0.6 is 15.9 Å². The number of hydrogen-bond donors (Lipinski definition) is 0. The van der Waals surface area contributed by atoms with E-state index in [1.54, 1.807) is 0 Å². The van der Waals surface area contributed by atoms with E-state index in [0.717, 1.165) is 36.8 Å². The minimum absolute atomic E-state index is 0.0435. The quantitative estimate of drug-likeness (QED) is 0.813. The first kappa shape index (κ1) is 15.3. The van der Waals surface area contributed by atoms with E-state index in [-0.39, 0.29) is 11.5 Å². The zero-order valence-electron chi connectivity index (χ0n) is 12.8. The number of ether oxygens (including phenoxy) is 2. The Balaban J connectivity index is 1.72. The van der Waals surface area contributed by atoms with Crippen molar-refractivity contribution in [2.75, 3.05) is 19.8 Å². The summed E-state index contributed by atoms with van der Waals surface area (Å²) >= 11 is 3.50. The van der Waals surface area contributed by atoms with E-state index in [4.69, 9.17) is 13.9 Å². The smallest absolute Gasteiger partial charge is 0.245 e. The normalized spacial score (nSPS) is 24.0. The van der Waals surface area contributed by atoms with Gasteiger partial charge in [0, 0.05) is 24.3 Å². The summed E-state index contributed by atoms with van der Waals surface area (Å²) in [6, 6.07) is 8.38. The topological polar surface area (TPSA) is 57.4 Å². The van der Waals surface area contributed by atoms with E-state index >= 15 is 0 Å². The van der Waals surface area contributed by atoms with Crippen molar-refractivity contribution in [2.24, 2.45) is 0 Å². The van der Waals surface area contributed by atoms with Gasteiger partial charge in [0.25, 0.3) is 0 Å². The molecule has 0 amide bonds. The molecule has 0 spiro atoms. The molecule has 1 aromatic heterocycles. The van der Waals surface area contributed by atoms with Crippen molar-refractivity contribution in [1.82, 2.24) is 10.2 Å². The van der Waals surface area contributed by atoms with Crippen molar-refractivity contribution >= 4 is 15.9 Å². The van der Waals surface area contributed by atoms with E-state index in [2.05, 4.69) is 50.4 Å². The van der Waals surface area contributed by atoms with Gasteiger partial charge in [0.2, 0.25) is 11.8 Å². The number of halogens is 1. The van der Waals surface area contributed by atoms with Crippen LogP contribution in [-0.4, -0.2) is 30.0 Å². The Hall–Kier alpha value is -1.24. The molecule has 0 N–H and O–H groups in total. The molecule has 3 heterocycles. The molecular weight excluding hydrogens is 360 g/mol. The summed E-state index contributed by atoms with van der Waals surface area (Å²) in [5.74, 6) is 1.30. The Labute approximate surface area is 143 Å². The van der Waals surface area contributed by atoms with Gasteiger partial charge in [-0.05, 0) is 43.4 Å². The number of nitrogens with zero attached hydrogens (tertiary/aromatic N) is 2. The lowest BCUT2D eigenvalue weighted by molar-refractivity contribution is 0.0504. The Morgan fingerprint density at radius 1 is 1.04 bits per heavy atom. The first-order valence-corrected chi connectivity index (χ1v) is 8.86. The molecule has 122 valence electrons. The maximum Gasteiger partial charge on any atom is 0.245 e. The van der Waals surface area contributed by atoms with Crippen LogP contribution in [0.25, 0.3) is 0 Å². The van der Waals surface area contributed by atoms with Crippen LogP contribution in [0.2, 0.25) is 0 Å². The van der Waals surface area contributed by atoms with Gasteiger partial charge in [-0.15, -0.1) is 10.2 Å². The minimum Gasteiger partial charge on any atom is -0.421 e. The minimum atomic E-state index is -0.261. The third kappa shape index (κ3) is 2.84. The predicted octanol–water partition coefficient (Wildman–Crippen LogP) is 3.78. The van der Waals surface area contributed by atoms with Gasteiger partial charge in [-0.3, -0.25) is 0 Å². The molecule has 1 unspecified atom stereocenters. The highest BCUT2D eigenvalue weighted by Crippen LogP contribution is 2.41. The molecule has 5 nitrogen and oxygen atoms in total. The average molecular weight is 379 g/mol. The van der Waals surface area contributed by atoms with E-state index in [1.165, 1.54) is 5.56 Å². The van der Waals surface area contributed by atoms with Gasteiger partial charge in [-0.25, -0.2) is 0 Å². The lowest BCUT2D eigenvalue weighted by Crippen LogP contribution is -2.35. The first-order chi connectivity index (χ1) is 11.3. The number of hydrogen-bond acceptors (Lipinski definition) is 5. The van der Waals surface area contributed by atoms with Crippen LogP contribution in [0.5, 0.6) is 0 Å². The third-order valence-corrected chi connectivity index (χ3v) is 5.33. The van der Waals surface area contributed by atoms with Gasteiger partial charge in [0.1, 0.15) is 6.10 Å². The lowest BCUT2D eigenvalue weighted by Gasteiger charge is -2.34. The van der Waals surface area contributed by atoms with Crippen molar-refractivity contribution in [3.63, 3.8) is 0 Å². The molecule has 0 radical (unpaired) electrons. The van der Waals surface area contributed by atoms with Crippen LogP contribution in [0.1, 0.15) is 49.1 Å². The summed E-state index contributed by atoms with van der Waals surface area (Å²) in [7, 11) is 0. The SMILES string of the molecule is Brc1ccc(C2(c3nnc(C4CCCO4)o3)CCOCC2)cc1. The number of rotatable bonds is 3. The molecule has 0 aliphatic carbocycles. The number of aromatic nitrogens is 2. The largest absolute Gasteiger partial charge is 0.421 e. The second-order valence-corrected chi connectivity index (χ2v) is 7.06. The number of benzene rings is 1. The summed E-state index contributed by atoms with van der Waals surface area (Å²) in [4.78, 5) is 0. The second-order valence-electron chi connectivity index (χ2n) is 6.15. The van der Waals surface area contributed by atoms with Crippen molar-refractivity contribution < 1.29 is 13.9 Å². The van der Waals surface area contributed by atoms with Gasteiger partial charge in [-0.1, -0.05) is 28.1 Å². The Kier molecular flexibility index (Phi) is 4.22. The van der Waals surface area contributed by atoms with Crippen LogP contribution in [0.4, 0.5) is 0 Å². The zero-order valence-corrected chi connectivity index (χ0v) is 14.4. The molecule has 6 heteroatoms. The van der Waals surface area contributed by atoms with Crippen molar-refractivity contribution in [2.45, 2.75) is 37.2 Å². The van der Waals surface area contributed by atoms with Crippen molar-refractivity contribution in [3.05, 3.63) is 46.1 Å². The maximum absolute atomic E-state index is 6.08.